The first-order chi connectivity index (χ1) is 7.58. The second kappa shape index (κ2) is 6.58. The van der Waals surface area contributed by atoms with Crippen molar-refractivity contribution in [3.05, 3.63) is 0 Å². The van der Waals surface area contributed by atoms with E-state index in [2.05, 4.69) is 32.6 Å². The number of rotatable bonds is 5. The average molecular weight is 228 g/mol. The fourth-order valence-corrected chi connectivity index (χ4v) is 2.85. The van der Waals surface area contributed by atoms with Gasteiger partial charge in [0.15, 0.2) is 0 Å². The molecule has 1 rings (SSSR count). The number of nitrogens with two attached hydrogens (primary N) is 1. The molecule has 4 atom stereocenters. The van der Waals surface area contributed by atoms with E-state index in [1.807, 2.05) is 0 Å². The van der Waals surface area contributed by atoms with Crippen molar-refractivity contribution in [2.24, 2.45) is 5.73 Å². The zero-order valence-electron chi connectivity index (χ0n) is 11.3. The van der Waals surface area contributed by atoms with Gasteiger partial charge in [0.2, 0.25) is 0 Å². The summed E-state index contributed by atoms with van der Waals surface area (Å²) in [4.78, 5) is 2.53. The molecule has 0 radical (unpaired) electrons. The van der Waals surface area contributed by atoms with Crippen LogP contribution in [0, 0.1) is 0 Å². The van der Waals surface area contributed by atoms with E-state index in [0.29, 0.717) is 24.3 Å². The summed E-state index contributed by atoms with van der Waals surface area (Å²) in [6.07, 6.45) is 4.12. The molecule has 1 aliphatic heterocycles. The lowest BCUT2D eigenvalue weighted by Gasteiger charge is -2.42. The number of hydrogen-bond donors (Lipinski definition) is 1. The standard InChI is InChI=1S/C13H28N2O/c1-5-7-12(14)13(6-2)15-8-10(3)16-11(4)9-15/h10-13H,5-9,14H2,1-4H3. The van der Waals surface area contributed by atoms with Crippen molar-refractivity contribution in [2.45, 2.75) is 71.2 Å². The zero-order chi connectivity index (χ0) is 12.1. The van der Waals surface area contributed by atoms with Gasteiger partial charge in [-0.2, -0.15) is 0 Å². The minimum atomic E-state index is 0.312. The van der Waals surface area contributed by atoms with Crippen LogP contribution >= 0.6 is 0 Å². The Morgan fingerprint density at radius 2 is 1.81 bits per heavy atom. The first kappa shape index (κ1) is 13.9. The third-order valence-corrected chi connectivity index (χ3v) is 3.45. The Hall–Kier alpha value is -0.120. The second-order valence-electron chi connectivity index (χ2n) is 5.14. The van der Waals surface area contributed by atoms with Crippen LogP contribution in [0.2, 0.25) is 0 Å². The summed E-state index contributed by atoms with van der Waals surface area (Å²) in [5, 5.41) is 0. The van der Waals surface area contributed by atoms with Gasteiger partial charge in [-0.15, -0.1) is 0 Å². The summed E-state index contributed by atoms with van der Waals surface area (Å²) >= 11 is 0. The van der Waals surface area contributed by atoms with E-state index in [9.17, 15) is 0 Å². The molecule has 4 unspecified atom stereocenters. The second-order valence-corrected chi connectivity index (χ2v) is 5.14. The molecule has 1 heterocycles. The van der Waals surface area contributed by atoms with Crippen LogP contribution < -0.4 is 5.73 Å². The number of nitrogens with zero attached hydrogens (tertiary/aromatic N) is 1. The van der Waals surface area contributed by atoms with E-state index < -0.39 is 0 Å². The Morgan fingerprint density at radius 1 is 1.25 bits per heavy atom. The van der Waals surface area contributed by atoms with Crippen LogP contribution in [-0.4, -0.2) is 42.3 Å². The van der Waals surface area contributed by atoms with E-state index in [1.54, 1.807) is 0 Å². The van der Waals surface area contributed by atoms with Gasteiger partial charge in [-0.25, -0.2) is 0 Å². The zero-order valence-corrected chi connectivity index (χ0v) is 11.3. The highest BCUT2D eigenvalue weighted by Crippen LogP contribution is 2.18. The monoisotopic (exact) mass is 228 g/mol. The minimum Gasteiger partial charge on any atom is -0.373 e. The van der Waals surface area contributed by atoms with Crippen LogP contribution in [0.25, 0.3) is 0 Å². The molecule has 0 saturated carbocycles. The van der Waals surface area contributed by atoms with Crippen LogP contribution in [0.1, 0.15) is 47.0 Å². The molecule has 0 aromatic rings. The molecular weight excluding hydrogens is 200 g/mol. The van der Waals surface area contributed by atoms with Gasteiger partial charge in [-0.1, -0.05) is 20.3 Å². The van der Waals surface area contributed by atoms with Gasteiger partial charge in [0.25, 0.3) is 0 Å². The highest BCUT2D eigenvalue weighted by atomic mass is 16.5. The fourth-order valence-electron chi connectivity index (χ4n) is 2.85. The molecule has 2 N–H and O–H groups in total. The Bertz CT molecular complexity index is 188. The van der Waals surface area contributed by atoms with Crippen LogP contribution in [0.15, 0.2) is 0 Å². The first-order valence-corrected chi connectivity index (χ1v) is 6.73. The minimum absolute atomic E-state index is 0.312. The van der Waals surface area contributed by atoms with E-state index in [4.69, 9.17) is 10.5 Å². The number of hydrogen-bond acceptors (Lipinski definition) is 3. The predicted octanol–water partition coefficient (Wildman–Crippen LogP) is 2.00. The smallest absolute Gasteiger partial charge is 0.0678 e. The maximum Gasteiger partial charge on any atom is 0.0678 e. The normalized spacial score (nSPS) is 31.3. The Labute approximate surface area is 100 Å². The molecular formula is C13H28N2O. The Balaban J connectivity index is 2.57. The van der Waals surface area contributed by atoms with Gasteiger partial charge >= 0.3 is 0 Å². The summed E-state index contributed by atoms with van der Waals surface area (Å²) < 4.78 is 5.77. The quantitative estimate of drug-likeness (QED) is 0.782. The third-order valence-electron chi connectivity index (χ3n) is 3.45. The molecule has 16 heavy (non-hydrogen) atoms. The largest absolute Gasteiger partial charge is 0.373 e. The molecule has 96 valence electrons. The third kappa shape index (κ3) is 3.72. The number of ether oxygens (including phenoxy) is 1. The van der Waals surface area contributed by atoms with E-state index in [1.165, 1.54) is 6.42 Å². The molecule has 0 amide bonds. The van der Waals surface area contributed by atoms with E-state index >= 15 is 0 Å². The first-order valence-electron chi connectivity index (χ1n) is 6.73. The Kier molecular flexibility index (Phi) is 5.73. The molecule has 0 spiro atoms. The lowest BCUT2D eigenvalue weighted by Crippen LogP contribution is -2.55. The van der Waals surface area contributed by atoms with Crippen molar-refractivity contribution in [2.75, 3.05) is 13.1 Å². The molecule has 3 heteroatoms. The fraction of sp³-hybridized carbons (Fsp3) is 1.00. The van der Waals surface area contributed by atoms with Gasteiger partial charge < -0.3 is 10.5 Å². The van der Waals surface area contributed by atoms with Crippen molar-refractivity contribution in [3.8, 4) is 0 Å². The molecule has 0 aromatic heterocycles. The van der Waals surface area contributed by atoms with Gasteiger partial charge in [-0.05, 0) is 26.7 Å². The maximum atomic E-state index is 6.28. The van der Waals surface area contributed by atoms with Crippen LogP contribution in [0.4, 0.5) is 0 Å². The van der Waals surface area contributed by atoms with Gasteiger partial charge in [0.1, 0.15) is 0 Å². The lowest BCUT2D eigenvalue weighted by atomic mass is 9.98. The maximum absolute atomic E-state index is 6.28. The van der Waals surface area contributed by atoms with Gasteiger partial charge in [0, 0.05) is 25.2 Å². The van der Waals surface area contributed by atoms with E-state index in [0.717, 1.165) is 25.9 Å². The molecule has 0 aromatic carbocycles. The molecule has 1 saturated heterocycles. The van der Waals surface area contributed by atoms with Crippen LogP contribution in [0.5, 0.6) is 0 Å². The molecule has 1 fully saturated rings. The lowest BCUT2D eigenvalue weighted by molar-refractivity contribution is -0.0836. The van der Waals surface area contributed by atoms with Crippen molar-refractivity contribution >= 4 is 0 Å². The topological polar surface area (TPSA) is 38.5 Å². The molecule has 0 aliphatic carbocycles. The van der Waals surface area contributed by atoms with Crippen molar-refractivity contribution in [1.82, 2.24) is 4.90 Å². The van der Waals surface area contributed by atoms with Crippen molar-refractivity contribution in [1.29, 1.82) is 0 Å². The summed E-state index contributed by atoms with van der Waals surface area (Å²) in [5.41, 5.74) is 6.28. The van der Waals surface area contributed by atoms with Crippen molar-refractivity contribution in [3.63, 3.8) is 0 Å². The van der Waals surface area contributed by atoms with Gasteiger partial charge in [0.05, 0.1) is 12.2 Å². The predicted molar refractivity (Wildman–Crippen MR) is 68.5 cm³/mol. The average Bonchev–Trinajstić information content (AvgIpc) is 2.17. The summed E-state index contributed by atoms with van der Waals surface area (Å²) in [5.74, 6) is 0. The SMILES string of the molecule is CCCC(N)C(CC)N1CC(C)OC(C)C1. The summed E-state index contributed by atoms with van der Waals surface area (Å²) in [6.45, 7) is 10.8. The highest BCUT2D eigenvalue weighted by molar-refractivity contribution is 4.85. The summed E-state index contributed by atoms with van der Waals surface area (Å²) in [6, 6.07) is 0.834. The molecule has 0 bridgehead atoms. The van der Waals surface area contributed by atoms with E-state index in [-0.39, 0.29) is 0 Å². The van der Waals surface area contributed by atoms with Crippen molar-refractivity contribution < 1.29 is 4.74 Å². The van der Waals surface area contributed by atoms with Crippen LogP contribution in [0.3, 0.4) is 0 Å². The van der Waals surface area contributed by atoms with Crippen LogP contribution in [-0.2, 0) is 4.74 Å². The molecule has 1 aliphatic rings. The number of morpholine rings is 1. The summed E-state index contributed by atoms with van der Waals surface area (Å²) in [7, 11) is 0. The van der Waals surface area contributed by atoms with Gasteiger partial charge in [-0.3, -0.25) is 4.90 Å². The molecule has 3 nitrogen and oxygen atoms in total. The Morgan fingerprint density at radius 3 is 2.25 bits per heavy atom. The highest BCUT2D eigenvalue weighted by Gasteiger charge is 2.29.